The van der Waals surface area contributed by atoms with Gasteiger partial charge < -0.3 is 5.11 Å². The van der Waals surface area contributed by atoms with Gasteiger partial charge in [0.2, 0.25) is 44.9 Å². The lowest BCUT2D eigenvalue weighted by Crippen LogP contribution is -2.23. The van der Waals surface area contributed by atoms with E-state index < -0.39 is 39.5 Å². The molecule has 6 aromatic heterocycles. The summed E-state index contributed by atoms with van der Waals surface area (Å²) in [6.07, 6.45) is 5.10. The summed E-state index contributed by atoms with van der Waals surface area (Å²) in [7, 11) is -3.31. The van der Waals surface area contributed by atoms with Crippen LogP contribution in [0.1, 0.15) is 204 Å². The molecular formula is C95H72Cl5F5N22O8S. The lowest BCUT2D eigenvalue weighted by Gasteiger charge is -2.11. The summed E-state index contributed by atoms with van der Waals surface area (Å²) in [5, 5.41) is 33.0. The Bertz CT molecular complexity index is 7470. The molecule has 5 aliphatic rings. The van der Waals surface area contributed by atoms with Crippen LogP contribution >= 0.6 is 58.0 Å². The van der Waals surface area contributed by atoms with Crippen molar-refractivity contribution in [2.45, 2.75) is 92.0 Å². The van der Waals surface area contributed by atoms with Gasteiger partial charge >= 0.3 is 5.97 Å². The van der Waals surface area contributed by atoms with Gasteiger partial charge in [0.05, 0.1) is 89.4 Å². The number of aliphatic imine (C=N–C) groups is 5. The molecule has 11 heterocycles. The van der Waals surface area contributed by atoms with Gasteiger partial charge in [-0.1, -0.05) is 120 Å². The van der Waals surface area contributed by atoms with Crippen LogP contribution in [0.4, 0.5) is 22.0 Å². The third kappa shape index (κ3) is 20.5. The number of fused-ring (bicyclic) bond motifs is 15. The van der Waals surface area contributed by atoms with Crippen molar-refractivity contribution in [3.63, 3.8) is 0 Å². The molecule has 9 aromatic carbocycles. The summed E-state index contributed by atoms with van der Waals surface area (Å²) in [6, 6.07) is 53.5. The number of sulfonamides is 1. The molecule has 30 nitrogen and oxygen atoms in total. The fourth-order valence-corrected chi connectivity index (χ4v) is 16.4. The van der Waals surface area contributed by atoms with E-state index in [9.17, 15) is 59.4 Å². The molecule has 5 aliphatic heterocycles. The van der Waals surface area contributed by atoms with E-state index in [0.717, 1.165) is 19.1 Å². The first-order chi connectivity index (χ1) is 65.3. The predicted molar refractivity (Wildman–Crippen MR) is 500 cm³/mol. The molecule has 0 aliphatic carbocycles. The molecule has 0 spiro atoms. The minimum atomic E-state index is -3.31. The number of aromatic carboxylic acids is 1. The quantitative estimate of drug-likeness (QED) is 0.0458. The van der Waals surface area contributed by atoms with Crippen LogP contribution in [-0.2, 0) is 36.2 Å². The third-order valence-electron chi connectivity index (χ3n) is 21.3. The average Bonchev–Trinajstić information content (AvgIpc) is 1.64. The Kier molecular flexibility index (Phi) is 28.3. The lowest BCUT2D eigenvalue weighted by atomic mass is 10.00. The number of halogens is 10. The van der Waals surface area contributed by atoms with Gasteiger partial charge in [-0.3, -0.25) is 49.1 Å². The summed E-state index contributed by atoms with van der Waals surface area (Å²) in [4.78, 5) is 108. The topological polar surface area (TPSA) is 380 Å². The second-order valence-electron chi connectivity index (χ2n) is 30.8. The SMILES string of the molecule is CC(=O)c1nc2n(n1)-c1ccc(Cl)cc1C(c1ccccc1F)=NC2.CC(=O)c1nc2n(n1)-c1ccc(Cl)cc1C(c1ncccc1F)=NC2.CC1N=C(c2ccccc2F)c2cc(Cl)ccc2-n2nc(C(=O)O)nc21.CCCCC(=O)c1nc2n(n1)-c1ccc(Cl)cc1C(c1ccccc1F)=NC2.CS(=O)(=O)NCCCC(=O)c1nc2n(n1)-c1ccc(Cl)cc1C(c1ccccc1F)=NC2. The molecule has 1 unspecified atom stereocenters. The number of hydrogen-bond acceptors (Lipinski definition) is 23. The van der Waals surface area contributed by atoms with E-state index in [4.69, 9.17) is 58.0 Å². The Morgan fingerprint density at radius 2 is 0.713 bits per heavy atom. The van der Waals surface area contributed by atoms with Gasteiger partial charge in [-0.25, -0.2) is 88.2 Å². The van der Waals surface area contributed by atoms with E-state index in [2.05, 4.69) is 85.1 Å². The van der Waals surface area contributed by atoms with Crippen LogP contribution < -0.4 is 4.72 Å². The number of hydrogen-bond donors (Lipinski definition) is 2. The zero-order chi connectivity index (χ0) is 96.1. The van der Waals surface area contributed by atoms with Gasteiger partial charge in [-0.15, -0.1) is 25.5 Å². The number of Topliss-reactive ketones (excluding diaryl/α,β-unsaturated/α-hetero) is 4. The number of carboxylic acid groups (broad SMARTS) is 1. The number of unbranched alkanes of at least 4 members (excludes halogenated alkanes) is 1. The highest BCUT2D eigenvalue weighted by molar-refractivity contribution is 7.88. The lowest BCUT2D eigenvalue weighted by molar-refractivity contribution is 0.0682. The van der Waals surface area contributed by atoms with Crippen molar-refractivity contribution in [3.05, 3.63) is 375 Å². The number of benzene rings is 9. The normalized spacial score (nSPS) is 13.4. The minimum Gasteiger partial charge on any atom is -0.475 e. The van der Waals surface area contributed by atoms with Crippen LogP contribution in [0.2, 0.25) is 25.1 Å². The third-order valence-corrected chi connectivity index (χ3v) is 23.2. The van der Waals surface area contributed by atoms with Crippen molar-refractivity contribution >= 4 is 126 Å². The van der Waals surface area contributed by atoms with Crippen LogP contribution in [0.25, 0.3) is 28.4 Å². The first-order valence-corrected chi connectivity index (χ1v) is 45.6. The van der Waals surface area contributed by atoms with Gasteiger partial charge in [-0.05, 0) is 171 Å². The first-order valence-electron chi connectivity index (χ1n) is 41.8. The molecule has 15 aromatic rings. The number of ketones is 4. The number of carboxylic acids is 1. The Balaban J connectivity index is 0.000000124. The maximum Gasteiger partial charge on any atom is 0.375 e. The van der Waals surface area contributed by atoms with Crippen LogP contribution in [0.5, 0.6) is 0 Å². The maximum absolute atomic E-state index is 14.5. The molecule has 136 heavy (non-hydrogen) atoms. The van der Waals surface area contributed by atoms with Gasteiger partial charge in [0.1, 0.15) is 35.0 Å². The molecule has 0 saturated heterocycles. The Morgan fingerprint density at radius 1 is 0.397 bits per heavy atom. The molecule has 686 valence electrons. The van der Waals surface area contributed by atoms with E-state index in [1.807, 2.05) is 6.92 Å². The number of carbonyl (C=O) groups is 5. The monoisotopic (exact) mass is 1950 g/mol. The molecule has 2 N–H and O–H groups in total. The highest BCUT2D eigenvalue weighted by Crippen LogP contribution is 2.37. The molecular weight excluding hydrogens is 1880 g/mol. The van der Waals surface area contributed by atoms with Crippen LogP contribution in [0.15, 0.2) is 231 Å². The van der Waals surface area contributed by atoms with Crippen molar-refractivity contribution < 1.29 is 59.4 Å². The highest BCUT2D eigenvalue weighted by atomic mass is 35.5. The molecule has 0 radical (unpaired) electrons. The number of rotatable bonds is 18. The summed E-state index contributed by atoms with van der Waals surface area (Å²) >= 11 is 30.9. The number of nitrogens with zero attached hydrogens (tertiary/aromatic N) is 21. The molecule has 0 amide bonds. The molecule has 0 saturated carbocycles. The first kappa shape index (κ1) is 94.5. The highest BCUT2D eigenvalue weighted by Gasteiger charge is 2.34. The number of aromatic nitrogens is 16. The predicted octanol–water partition coefficient (Wildman–Crippen LogP) is 18.0. The number of nitrogens with one attached hydrogen (secondary N) is 1. The van der Waals surface area contributed by atoms with Gasteiger partial charge in [0, 0.05) is 115 Å². The van der Waals surface area contributed by atoms with Crippen molar-refractivity contribution in [1.82, 2.24) is 83.5 Å². The van der Waals surface area contributed by atoms with E-state index in [1.165, 1.54) is 65.8 Å². The Hall–Kier alpha value is -14.7. The minimum absolute atomic E-state index is 0.0183. The van der Waals surface area contributed by atoms with Gasteiger partial charge in [0.25, 0.3) is 5.82 Å². The Labute approximate surface area is 796 Å². The summed E-state index contributed by atoms with van der Waals surface area (Å²) in [6.45, 7) is 7.32. The zero-order valence-electron chi connectivity index (χ0n) is 72.2. The zero-order valence-corrected chi connectivity index (χ0v) is 76.8. The van der Waals surface area contributed by atoms with E-state index >= 15 is 0 Å². The van der Waals surface area contributed by atoms with Crippen molar-refractivity contribution in [1.29, 1.82) is 0 Å². The summed E-state index contributed by atoms with van der Waals surface area (Å²) in [5.74, 6) is -1.70. The smallest absolute Gasteiger partial charge is 0.375 e. The summed E-state index contributed by atoms with van der Waals surface area (Å²) < 4.78 is 104. The average molecular weight is 1950 g/mol. The van der Waals surface area contributed by atoms with Crippen molar-refractivity contribution in [3.8, 4) is 28.4 Å². The van der Waals surface area contributed by atoms with Crippen LogP contribution in [-0.4, -0.2) is 163 Å². The van der Waals surface area contributed by atoms with Gasteiger partial charge in [0.15, 0.2) is 46.5 Å². The molecule has 20 rings (SSSR count). The van der Waals surface area contributed by atoms with Crippen molar-refractivity contribution in [2.75, 3.05) is 12.8 Å². The maximum atomic E-state index is 14.5. The van der Waals surface area contributed by atoms with Gasteiger partial charge in [-0.2, -0.15) is 0 Å². The van der Waals surface area contributed by atoms with Crippen LogP contribution in [0, 0.1) is 29.1 Å². The number of pyridine rings is 1. The fourth-order valence-electron chi connectivity index (χ4n) is 15.0. The fraction of sp³-hybridized carbons (Fsp3) is 0.168. The second kappa shape index (κ2) is 40.6. The number of carbonyl (C=O) groups excluding carboxylic acids is 4. The van der Waals surface area contributed by atoms with Crippen LogP contribution in [0.3, 0.4) is 0 Å². The van der Waals surface area contributed by atoms with E-state index in [1.54, 1.807) is 185 Å². The standard InChI is InChI=1S/C21H19ClFN5O3S.C21H18ClFN4O.C18H12ClFN4O2.C18H12ClFN4O.C17H11ClFN5O/c1-32(30,31)25-10-4-7-18(29)21-26-19-12-24-20(14-5-2-3-6-16(14)23)15-11-13(22)8-9-17(15)28(19)27-21;1-2-3-8-18(28)21-25-19-12-24-20(14-6-4-5-7-16(14)23)15-11-13(22)9-10-17(15)27(19)26-21;1-9-17-22-16(18(25)26)23-24(17)14-7-6-10(19)8-12(14)15(21-9)11-4-2-3-5-13(11)20;1-10(25)18-22-16-9-21-17(12-4-2-3-5-14(12)20)13-8-11(19)6-7-15(13)24(16)23-18;1-9(25)17-22-14-8-21-15(16-12(19)3-2-6-20-16)11-7-10(18)4-5-13(11)24(14)23-17/h2-3,5-6,8-9,11,25H,4,7,10,12H2,1H3;4-7,9-11H,2-3,8,12H2,1H3;2-9H,1H3,(H,25,26);2-8H,9H2,1H3;2-7H,8H2,1H3. The Morgan fingerprint density at radius 3 is 1.07 bits per heavy atom. The summed E-state index contributed by atoms with van der Waals surface area (Å²) in [5.41, 5.74) is 9.75. The molecule has 0 bridgehead atoms. The largest absolute Gasteiger partial charge is 0.475 e. The van der Waals surface area contributed by atoms with E-state index in [-0.39, 0.29) is 109 Å². The van der Waals surface area contributed by atoms with E-state index in [0.29, 0.717) is 174 Å². The molecule has 1 atom stereocenters. The second-order valence-corrected chi connectivity index (χ2v) is 34.8. The van der Waals surface area contributed by atoms with Crippen molar-refractivity contribution in [2.24, 2.45) is 25.0 Å². The molecule has 41 heteroatoms. The molecule has 0 fully saturated rings.